The van der Waals surface area contributed by atoms with Gasteiger partial charge >= 0.3 is 0 Å². The Morgan fingerprint density at radius 3 is 3.00 bits per heavy atom. The van der Waals surface area contributed by atoms with Crippen LogP contribution in [-0.4, -0.2) is 21.5 Å². The number of fused-ring (bicyclic) bond motifs is 1. The lowest BCUT2D eigenvalue weighted by molar-refractivity contribution is -0.126. The van der Waals surface area contributed by atoms with Crippen molar-refractivity contribution in [2.75, 3.05) is 0 Å². The molecule has 1 aromatic rings. The quantitative estimate of drug-likeness (QED) is 0.841. The summed E-state index contributed by atoms with van der Waals surface area (Å²) >= 11 is 0. The molecule has 0 aromatic carbocycles. The van der Waals surface area contributed by atoms with Crippen LogP contribution in [0.25, 0.3) is 0 Å². The Balaban J connectivity index is 1.60. The monoisotopic (exact) mass is 233 g/mol. The molecule has 92 valence electrons. The second-order valence-electron chi connectivity index (χ2n) is 5.26. The summed E-state index contributed by atoms with van der Waals surface area (Å²) in [6.45, 7) is 0.929. The number of aromatic nitrogens is 2. The van der Waals surface area contributed by atoms with Crippen LogP contribution in [0.2, 0.25) is 0 Å². The van der Waals surface area contributed by atoms with Crippen molar-refractivity contribution in [2.45, 2.75) is 51.1 Å². The number of carbonyl (C=O) groups excluding carboxylic acids is 1. The fraction of sp³-hybridized carbons (Fsp3) is 0.692. The Bertz CT molecular complexity index is 407. The van der Waals surface area contributed by atoms with Crippen molar-refractivity contribution in [3.05, 3.63) is 18.2 Å². The third-order valence-corrected chi connectivity index (χ3v) is 4.04. The molecular formula is C13H19N3O. The molecule has 1 atom stereocenters. The summed E-state index contributed by atoms with van der Waals surface area (Å²) in [5, 5.41) is 3.20. The number of nitrogens with one attached hydrogen (secondary N) is 1. The van der Waals surface area contributed by atoms with Gasteiger partial charge < -0.3 is 9.88 Å². The van der Waals surface area contributed by atoms with E-state index in [0.29, 0.717) is 6.04 Å². The predicted octanol–water partition coefficient (Wildman–Crippen LogP) is 1.50. The molecule has 1 fully saturated rings. The number of nitrogens with zero attached hydrogens (tertiary/aromatic N) is 2. The average molecular weight is 233 g/mol. The van der Waals surface area contributed by atoms with Crippen LogP contribution in [0.4, 0.5) is 0 Å². The van der Waals surface area contributed by atoms with Crippen molar-refractivity contribution in [1.82, 2.24) is 14.9 Å². The summed E-state index contributed by atoms with van der Waals surface area (Å²) < 4.78 is 2.15. The zero-order valence-corrected chi connectivity index (χ0v) is 10.1. The molecule has 0 bridgehead atoms. The Labute approximate surface area is 101 Å². The Hall–Kier alpha value is -1.32. The number of hydrogen-bond donors (Lipinski definition) is 1. The molecule has 1 saturated carbocycles. The fourth-order valence-electron chi connectivity index (χ4n) is 2.98. The predicted molar refractivity (Wildman–Crippen MR) is 64.4 cm³/mol. The van der Waals surface area contributed by atoms with Crippen LogP contribution in [0.5, 0.6) is 0 Å². The van der Waals surface area contributed by atoms with Gasteiger partial charge in [0.2, 0.25) is 5.91 Å². The van der Waals surface area contributed by atoms with E-state index in [-0.39, 0.29) is 11.8 Å². The Morgan fingerprint density at radius 2 is 2.18 bits per heavy atom. The van der Waals surface area contributed by atoms with Crippen molar-refractivity contribution in [2.24, 2.45) is 5.92 Å². The minimum Gasteiger partial charge on any atom is -0.353 e. The number of amides is 1. The van der Waals surface area contributed by atoms with Gasteiger partial charge in [0.15, 0.2) is 0 Å². The van der Waals surface area contributed by atoms with Crippen LogP contribution < -0.4 is 5.32 Å². The van der Waals surface area contributed by atoms with E-state index in [1.807, 2.05) is 12.5 Å². The molecule has 1 aliphatic carbocycles. The summed E-state index contributed by atoms with van der Waals surface area (Å²) in [6.07, 6.45) is 10.4. The maximum absolute atomic E-state index is 12.1. The minimum absolute atomic E-state index is 0.153. The van der Waals surface area contributed by atoms with Gasteiger partial charge in [-0.1, -0.05) is 12.8 Å². The molecular weight excluding hydrogens is 214 g/mol. The van der Waals surface area contributed by atoms with Gasteiger partial charge in [0.25, 0.3) is 0 Å². The first-order chi connectivity index (χ1) is 8.33. The number of hydrogen-bond acceptors (Lipinski definition) is 2. The molecule has 0 saturated heterocycles. The van der Waals surface area contributed by atoms with Crippen LogP contribution in [-0.2, 0) is 17.8 Å². The zero-order chi connectivity index (χ0) is 11.7. The molecule has 1 unspecified atom stereocenters. The summed E-state index contributed by atoms with van der Waals surface area (Å²) in [6, 6.07) is 0.439. The van der Waals surface area contributed by atoms with E-state index in [1.165, 1.54) is 18.5 Å². The topological polar surface area (TPSA) is 46.9 Å². The van der Waals surface area contributed by atoms with Crippen molar-refractivity contribution in [3.8, 4) is 0 Å². The van der Waals surface area contributed by atoms with E-state index in [0.717, 1.165) is 32.2 Å². The molecule has 1 amide bonds. The summed E-state index contributed by atoms with van der Waals surface area (Å²) in [7, 11) is 0. The molecule has 3 rings (SSSR count). The van der Waals surface area contributed by atoms with Crippen molar-refractivity contribution < 1.29 is 4.79 Å². The molecule has 17 heavy (non-hydrogen) atoms. The molecule has 4 nitrogen and oxygen atoms in total. The summed E-state index contributed by atoms with van der Waals surface area (Å²) in [4.78, 5) is 16.3. The second kappa shape index (κ2) is 4.51. The number of carbonyl (C=O) groups is 1. The molecule has 1 aliphatic heterocycles. The third-order valence-electron chi connectivity index (χ3n) is 4.04. The lowest BCUT2D eigenvalue weighted by Gasteiger charge is -2.24. The highest BCUT2D eigenvalue weighted by atomic mass is 16.1. The number of imidazole rings is 1. The van der Waals surface area contributed by atoms with E-state index in [2.05, 4.69) is 14.9 Å². The first-order valence-corrected chi connectivity index (χ1v) is 6.62. The van der Waals surface area contributed by atoms with Gasteiger partial charge in [0, 0.05) is 36.8 Å². The number of aryl methyl sites for hydroxylation is 1. The molecule has 0 spiro atoms. The average Bonchev–Trinajstić information content (AvgIpc) is 2.97. The first-order valence-electron chi connectivity index (χ1n) is 6.62. The second-order valence-corrected chi connectivity index (χ2v) is 5.26. The standard InChI is InChI=1S/C13H19N3O/c17-13(15-11-3-1-2-4-11)10-5-6-16-9-14-8-12(16)7-10/h8-11H,1-7H2,(H,15,17). The summed E-state index contributed by atoms with van der Waals surface area (Å²) in [5.41, 5.74) is 1.20. The van der Waals surface area contributed by atoms with Crippen molar-refractivity contribution in [1.29, 1.82) is 0 Å². The minimum atomic E-state index is 0.153. The fourth-order valence-corrected chi connectivity index (χ4v) is 2.98. The maximum Gasteiger partial charge on any atom is 0.223 e. The van der Waals surface area contributed by atoms with Crippen molar-refractivity contribution in [3.63, 3.8) is 0 Å². The lowest BCUT2D eigenvalue weighted by Crippen LogP contribution is -2.40. The zero-order valence-electron chi connectivity index (χ0n) is 10.1. The SMILES string of the molecule is O=C(NC1CCCC1)C1CCn2cncc2C1. The van der Waals surface area contributed by atoms with Gasteiger partial charge in [0.1, 0.15) is 0 Å². The van der Waals surface area contributed by atoms with Crippen LogP contribution in [0.15, 0.2) is 12.5 Å². The van der Waals surface area contributed by atoms with Gasteiger partial charge in [-0.25, -0.2) is 4.98 Å². The maximum atomic E-state index is 12.1. The van der Waals surface area contributed by atoms with Crippen LogP contribution in [0, 0.1) is 5.92 Å². The highest BCUT2D eigenvalue weighted by Crippen LogP contribution is 2.22. The molecule has 0 radical (unpaired) electrons. The van der Waals surface area contributed by atoms with Crippen LogP contribution in [0.3, 0.4) is 0 Å². The third kappa shape index (κ3) is 2.21. The molecule has 2 aliphatic rings. The highest BCUT2D eigenvalue weighted by Gasteiger charge is 2.27. The van der Waals surface area contributed by atoms with Gasteiger partial charge in [-0.05, 0) is 19.3 Å². The van der Waals surface area contributed by atoms with Crippen LogP contribution >= 0.6 is 0 Å². The van der Waals surface area contributed by atoms with E-state index < -0.39 is 0 Å². The molecule has 4 heteroatoms. The Morgan fingerprint density at radius 1 is 1.35 bits per heavy atom. The number of rotatable bonds is 2. The normalized spacial score (nSPS) is 24.6. The first kappa shape index (κ1) is 10.8. The Kier molecular flexibility index (Phi) is 2.87. The lowest BCUT2D eigenvalue weighted by atomic mass is 9.95. The van der Waals surface area contributed by atoms with Crippen LogP contribution in [0.1, 0.15) is 37.8 Å². The van der Waals surface area contributed by atoms with Crippen molar-refractivity contribution >= 4 is 5.91 Å². The van der Waals surface area contributed by atoms with Gasteiger partial charge in [-0.15, -0.1) is 0 Å². The van der Waals surface area contributed by atoms with Gasteiger partial charge in [0.05, 0.1) is 6.33 Å². The van der Waals surface area contributed by atoms with E-state index >= 15 is 0 Å². The largest absolute Gasteiger partial charge is 0.353 e. The summed E-state index contributed by atoms with van der Waals surface area (Å²) in [5.74, 6) is 0.407. The van der Waals surface area contributed by atoms with Gasteiger partial charge in [-0.2, -0.15) is 0 Å². The van der Waals surface area contributed by atoms with E-state index in [9.17, 15) is 4.79 Å². The van der Waals surface area contributed by atoms with E-state index in [1.54, 1.807) is 0 Å². The molecule has 1 aromatic heterocycles. The molecule has 2 heterocycles. The van der Waals surface area contributed by atoms with Gasteiger partial charge in [-0.3, -0.25) is 4.79 Å². The highest BCUT2D eigenvalue weighted by molar-refractivity contribution is 5.79. The van der Waals surface area contributed by atoms with E-state index in [4.69, 9.17) is 0 Å². The smallest absolute Gasteiger partial charge is 0.223 e. The molecule has 1 N–H and O–H groups in total.